The molecule has 3 aromatic carbocycles. The highest BCUT2D eigenvalue weighted by molar-refractivity contribution is 5.63. The lowest BCUT2D eigenvalue weighted by atomic mass is 9.97. The van der Waals surface area contributed by atoms with Crippen LogP contribution in [0, 0.1) is 40.5 Å². The molecule has 0 bridgehead atoms. The van der Waals surface area contributed by atoms with E-state index in [1.807, 2.05) is 50.5 Å². The Hall–Kier alpha value is -4.89. The molecule has 0 radical (unpaired) electrons. The lowest BCUT2D eigenvalue weighted by Gasteiger charge is -2.09. The van der Waals surface area contributed by atoms with Crippen LogP contribution in [-0.4, -0.2) is 0 Å². The van der Waals surface area contributed by atoms with Crippen molar-refractivity contribution in [3.8, 4) is 33.8 Å². The number of benzene rings is 3. The molecule has 3 aromatic heterocycles. The topological polar surface area (TPSA) is 11.6 Å². The molecular formula is C45H54N3+3. The summed E-state index contributed by atoms with van der Waals surface area (Å²) in [6, 6.07) is 37.7. The molecule has 6 aromatic rings. The number of aryl methyl sites for hydroxylation is 8. The highest BCUT2D eigenvalue weighted by Gasteiger charge is 2.13. The van der Waals surface area contributed by atoms with E-state index in [1.54, 1.807) is 0 Å². The van der Waals surface area contributed by atoms with Crippen molar-refractivity contribution in [1.29, 1.82) is 0 Å². The highest BCUT2D eigenvalue weighted by Crippen LogP contribution is 2.23. The van der Waals surface area contributed by atoms with Gasteiger partial charge < -0.3 is 0 Å². The molecule has 1 unspecified atom stereocenters. The van der Waals surface area contributed by atoms with Gasteiger partial charge in [0.1, 0.15) is 21.1 Å². The van der Waals surface area contributed by atoms with Crippen LogP contribution in [-0.2, 0) is 27.6 Å². The maximum Gasteiger partial charge on any atom is 0.212 e. The predicted molar refractivity (Wildman–Crippen MR) is 201 cm³/mol. The van der Waals surface area contributed by atoms with Gasteiger partial charge >= 0.3 is 0 Å². The quantitative estimate of drug-likeness (QED) is 0.167. The predicted octanol–water partition coefficient (Wildman–Crippen LogP) is 9.27. The van der Waals surface area contributed by atoms with Crippen LogP contribution in [0.15, 0.2) is 128 Å². The Bertz CT molecular complexity index is 2040. The average Bonchev–Trinajstić information content (AvgIpc) is 3.08. The molecule has 3 heteroatoms. The second kappa shape index (κ2) is 16.8. The molecule has 0 N–H and O–H groups in total. The van der Waals surface area contributed by atoms with Crippen LogP contribution in [0.25, 0.3) is 33.8 Å². The second-order valence-electron chi connectivity index (χ2n) is 12.8. The van der Waals surface area contributed by atoms with Crippen molar-refractivity contribution in [1.82, 2.24) is 0 Å². The van der Waals surface area contributed by atoms with Crippen LogP contribution in [0.3, 0.4) is 0 Å². The summed E-state index contributed by atoms with van der Waals surface area (Å²) in [7, 11) is 6.16. The molecule has 3 nitrogen and oxygen atoms in total. The van der Waals surface area contributed by atoms with E-state index in [2.05, 4.69) is 147 Å². The van der Waals surface area contributed by atoms with Crippen molar-refractivity contribution in [3.05, 3.63) is 161 Å². The monoisotopic (exact) mass is 640 g/mol. The van der Waals surface area contributed by atoms with Crippen LogP contribution in [0.4, 0.5) is 0 Å². The van der Waals surface area contributed by atoms with E-state index in [0.29, 0.717) is 0 Å². The fourth-order valence-electron chi connectivity index (χ4n) is 5.86. The van der Waals surface area contributed by atoms with Gasteiger partial charge in [-0.2, -0.15) is 0 Å². The summed E-state index contributed by atoms with van der Waals surface area (Å²) < 4.78 is 36.9. The Morgan fingerprint density at radius 1 is 0.521 bits per heavy atom. The molecule has 0 saturated heterocycles. The van der Waals surface area contributed by atoms with Crippen LogP contribution < -0.4 is 13.7 Å². The largest absolute Gasteiger partial charge is 0.212 e. The molecule has 0 saturated carbocycles. The van der Waals surface area contributed by atoms with E-state index >= 15 is 0 Å². The fraction of sp³-hybridized carbons (Fsp3) is 0.267. The van der Waals surface area contributed by atoms with Crippen molar-refractivity contribution in [2.45, 2.75) is 54.8 Å². The fourth-order valence-corrected chi connectivity index (χ4v) is 5.86. The number of aromatic nitrogens is 3. The molecule has 3 heterocycles. The van der Waals surface area contributed by atoms with Gasteiger partial charge in [-0.15, -0.1) is 0 Å². The summed E-state index contributed by atoms with van der Waals surface area (Å²) in [4.78, 5) is 0. The Kier molecular flexibility index (Phi) is 10.6. The minimum atomic E-state index is -2.29. The van der Waals surface area contributed by atoms with E-state index in [-0.39, 0.29) is 6.42 Å². The van der Waals surface area contributed by atoms with E-state index in [1.165, 1.54) is 51.7 Å². The molecule has 48 heavy (non-hydrogen) atoms. The SMILES string of the molecule is Cc1ccc(C)c(-c2cccc[n+]2C)c1.Cc1ccc(C)c(-c2cccc[n+]2C)c1.[2H]C([2H])([2H])C([2H])(C)Cc1ccc(-c2cccc[n+]2C)c(C)c1. The van der Waals surface area contributed by atoms with Crippen molar-refractivity contribution in [3.63, 3.8) is 0 Å². The molecule has 0 aliphatic heterocycles. The van der Waals surface area contributed by atoms with Gasteiger partial charge in [0.15, 0.2) is 18.6 Å². The Morgan fingerprint density at radius 3 is 1.35 bits per heavy atom. The smallest absolute Gasteiger partial charge is 0.201 e. The molecule has 0 amide bonds. The molecule has 0 aliphatic carbocycles. The summed E-state index contributed by atoms with van der Waals surface area (Å²) in [5, 5.41) is 0. The minimum Gasteiger partial charge on any atom is -0.201 e. The number of rotatable bonds is 5. The summed E-state index contributed by atoms with van der Waals surface area (Å²) >= 11 is 0. The van der Waals surface area contributed by atoms with Crippen molar-refractivity contribution >= 4 is 0 Å². The Morgan fingerprint density at radius 2 is 0.958 bits per heavy atom. The average molecular weight is 641 g/mol. The number of pyridine rings is 3. The third-order valence-corrected chi connectivity index (χ3v) is 8.54. The minimum absolute atomic E-state index is 0.214. The number of hydrogen-bond donors (Lipinski definition) is 0. The zero-order valence-corrected chi connectivity index (χ0v) is 30.2. The number of nitrogens with zero attached hydrogens (tertiary/aromatic N) is 3. The van der Waals surface area contributed by atoms with E-state index in [0.717, 1.165) is 22.4 Å². The van der Waals surface area contributed by atoms with E-state index in [9.17, 15) is 0 Å². The standard InChI is InChI=1S/C17H22N.2C14H16N/c1-13(2)11-15-8-9-16(14(3)12-15)17-7-5-6-10-18(17)4;2*1-11-7-8-12(2)13(10-11)14-6-4-5-9-15(14)3/h5-10,12-13H,11H2,1-4H3;2*4-10H,1-3H3/q3*+1/i1D3,13D;;. The molecule has 0 aliphatic rings. The van der Waals surface area contributed by atoms with Gasteiger partial charge in [-0.25, -0.2) is 13.7 Å². The molecule has 0 fully saturated rings. The van der Waals surface area contributed by atoms with Crippen LogP contribution in [0.5, 0.6) is 0 Å². The van der Waals surface area contributed by atoms with Gasteiger partial charge in [0.25, 0.3) is 0 Å². The Balaban J connectivity index is 0.000000179. The molecule has 1 atom stereocenters. The van der Waals surface area contributed by atoms with Gasteiger partial charge in [0, 0.05) is 58.6 Å². The first-order valence-electron chi connectivity index (χ1n) is 18.6. The third-order valence-electron chi connectivity index (χ3n) is 8.54. The summed E-state index contributed by atoms with van der Waals surface area (Å²) in [5.74, 6) is -1.47. The molecule has 0 spiro atoms. The maximum absolute atomic E-state index is 8.07. The first-order chi connectivity index (χ1) is 24.5. The summed E-state index contributed by atoms with van der Waals surface area (Å²) in [5.41, 5.74) is 14.6. The van der Waals surface area contributed by atoms with Crippen molar-refractivity contribution in [2.24, 2.45) is 27.0 Å². The second-order valence-corrected chi connectivity index (χ2v) is 12.8. The van der Waals surface area contributed by atoms with Gasteiger partial charge in [-0.05, 0) is 106 Å². The first-order valence-corrected chi connectivity index (χ1v) is 16.6. The highest BCUT2D eigenvalue weighted by atomic mass is 14.9. The lowest BCUT2D eigenvalue weighted by Crippen LogP contribution is -2.30. The first kappa shape index (κ1) is 30.4. The zero-order chi connectivity index (χ0) is 38.2. The number of hydrogen-bond acceptors (Lipinski definition) is 0. The zero-order valence-electron chi connectivity index (χ0n) is 34.2. The van der Waals surface area contributed by atoms with Crippen LogP contribution >= 0.6 is 0 Å². The Labute approximate surface area is 295 Å². The van der Waals surface area contributed by atoms with Crippen molar-refractivity contribution in [2.75, 3.05) is 0 Å². The van der Waals surface area contributed by atoms with Crippen LogP contribution in [0.2, 0.25) is 0 Å². The van der Waals surface area contributed by atoms with E-state index < -0.39 is 12.7 Å². The molecular weight excluding hydrogens is 583 g/mol. The summed E-state index contributed by atoms with van der Waals surface area (Å²) in [6.07, 6.45) is 6.37. The molecule has 6 rings (SSSR count). The van der Waals surface area contributed by atoms with Crippen LogP contribution in [0.1, 0.15) is 52.6 Å². The maximum atomic E-state index is 8.07. The van der Waals surface area contributed by atoms with Gasteiger partial charge in [0.05, 0.1) is 0 Å². The van der Waals surface area contributed by atoms with Crippen molar-refractivity contribution < 1.29 is 19.2 Å². The summed E-state index contributed by atoms with van der Waals surface area (Å²) in [6.45, 7) is 9.77. The normalized spacial score (nSPS) is 13.3. The third kappa shape index (κ3) is 9.58. The van der Waals surface area contributed by atoms with E-state index in [4.69, 9.17) is 5.48 Å². The lowest BCUT2D eigenvalue weighted by molar-refractivity contribution is -0.660. The van der Waals surface area contributed by atoms with Gasteiger partial charge in [0.2, 0.25) is 17.1 Å². The molecule has 246 valence electrons. The van der Waals surface area contributed by atoms with Gasteiger partial charge in [-0.1, -0.05) is 61.3 Å². The van der Waals surface area contributed by atoms with Gasteiger partial charge in [-0.3, -0.25) is 0 Å².